The fraction of sp³-hybridized carbons (Fsp3) is 0.375. The van der Waals surface area contributed by atoms with Crippen molar-refractivity contribution in [2.24, 2.45) is 0 Å². The van der Waals surface area contributed by atoms with E-state index in [0.29, 0.717) is 18.7 Å². The van der Waals surface area contributed by atoms with E-state index in [1.54, 1.807) is 19.1 Å². The molecule has 0 unspecified atom stereocenters. The summed E-state index contributed by atoms with van der Waals surface area (Å²) >= 11 is 0. The Balaban J connectivity index is 1.48. The van der Waals surface area contributed by atoms with Crippen LogP contribution in [-0.2, 0) is 20.4 Å². The summed E-state index contributed by atoms with van der Waals surface area (Å²) in [7, 11) is -3.60. The van der Waals surface area contributed by atoms with E-state index in [2.05, 4.69) is 5.32 Å². The number of carbonyl (C=O) groups excluding carboxylic acids is 3. The highest BCUT2D eigenvalue weighted by molar-refractivity contribution is 7.89. The Kier molecular flexibility index (Phi) is 6.11. The Morgan fingerprint density at radius 3 is 2.18 bits per heavy atom. The zero-order valence-electron chi connectivity index (χ0n) is 18.7. The summed E-state index contributed by atoms with van der Waals surface area (Å²) in [6.45, 7) is 4.10. The van der Waals surface area contributed by atoms with E-state index >= 15 is 0 Å². The first kappa shape index (κ1) is 23.1. The summed E-state index contributed by atoms with van der Waals surface area (Å²) < 4.78 is 27.1. The second-order valence-corrected chi connectivity index (χ2v) is 10.7. The van der Waals surface area contributed by atoms with Crippen molar-refractivity contribution in [3.8, 4) is 0 Å². The third-order valence-electron chi connectivity index (χ3n) is 6.33. The lowest BCUT2D eigenvalue weighted by Crippen LogP contribution is -2.41. The van der Waals surface area contributed by atoms with Crippen LogP contribution in [0, 0.1) is 6.92 Å². The van der Waals surface area contributed by atoms with Gasteiger partial charge < -0.3 is 5.32 Å². The monoisotopic (exact) mass is 469 g/mol. The van der Waals surface area contributed by atoms with Gasteiger partial charge in [-0.3, -0.25) is 14.5 Å². The summed E-state index contributed by atoms with van der Waals surface area (Å²) in [6, 6.07) is 12.3. The molecule has 2 fully saturated rings. The Morgan fingerprint density at radius 2 is 1.58 bits per heavy atom. The second-order valence-electron chi connectivity index (χ2n) is 8.72. The Bertz CT molecular complexity index is 1190. The molecule has 0 aromatic heterocycles. The van der Waals surface area contributed by atoms with Crippen molar-refractivity contribution in [3.05, 3.63) is 65.2 Å². The number of carbonyl (C=O) groups is 3. The number of piperidine rings is 1. The van der Waals surface area contributed by atoms with Crippen LogP contribution in [0.2, 0.25) is 0 Å². The topological polar surface area (TPSA) is 104 Å². The number of amides is 3. The minimum Gasteiger partial charge on any atom is -0.319 e. The maximum absolute atomic E-state index is 13.1. The van der Waals surface area contributed by atoms with Gasteiger partial charge in [-0.05, 0) is 56.5 Å². The number of nitrogens with one attached hydrogen (secondary N) is 1. The van der Waals surface area contributed by atoms with Crippen molar-refractivity contribution in [3.63, 3.8) is 0 Å². The zero-order chi connectivity index (χ0) is 23.8. The standard InChI is InChI=1S/C24H27N3O5S/c1-17-6-10-19(11-7-17)24(2)22(29)27(23(30)25-24)16-21(28)18-8-12-20(13-9-18)33(31,32)26-14-4-3-5-15-26/h6-13H,3-5,14-16H2,1-2H3,(H,25,30)/t24-/m0/s1. The van der Waals surface area contributed by atoms with Gasteiger partial charge in [0.1, 0.15) is 5.54 Å². The van der Waals surface area contributed by atoms with E-state index in [1.165, 1.54) is 28.6 Å². The van der Waals surface area contributed by atoms with Gasteiger partial charge in [0.15, 0.2) is 5.78 Å². The first-order chi connectivity index (χ1) is 15.6. The molecular weight excluding hydrogens is 442 g/mol. The third-order valence-corrected chi connectivity index (χ3v) is 8.25. The van der Waals surface area contributed by atoms with Gasteiger partial charge in [0.2, 0.25) is 10.0 Å². The van der Waals surface area contributed by atoms with Gasteiger partial charge in [0.25, 0.3) is 5.91 Å². The lowest BCUT2D eigenvalue weighted by Gasteiger charge is -2.25. The highest BCUT2D eigenvalue weighted by atomic mass is 32.2. The summed E-state index contributed by atoms with van der Waals surface area (Å²) in [5.74, 6) is -0.956. The maximum atomic E-state index is 13.1. The molecule has 2 aromatic carbocycles. The molecule has 9 heteroatoms. The molecule has 2 aliphatic heterocycles. The Morgan fingerprint density at radius 1 is 0.970 bits per heavy atom. The van der Waals surface area contributed by atoms with Crippen LogP contribution >= 0.6 is 0 Å². The van der Waals surface area contributed by atoms with Gasteiger partial charge >= 0.3 is 6.03 Å². The molecule has 0 saturated carbocycles. The lowest BCUT2D eigenvalue weighted by atomic mass is 9.91. The smallest absolute Gasteiger partial charge is 0.319 e. The lowest BCUT2D eigenvalue weighted by molar-refractivity contribution is -0.130. The van der Waals surface area contributed by atoms with E-state index < -0.39 is 39.8 Å². The number of imide groups is 1. The van der Waals surface area contributed by atoms with E-state index in [1.807, 2.05) is 19.1 Å². The van der Waals surface area contributed by atoms with Crippen LogP contribution in [0.25, 0.3) is 0 Å². The number of nitrogens with zero attached hydrogens (tertiary/aromatic N) is 2. The molecule has 3 amide bonds. The predicted octanol–water partition coefficient (Wildman–Crippen LogP) is 2.82. The largest absolute Gasteiger partial charge is 0.325 e. The Hall–Kier alpha value is -3.04. The molecule has 33 heavy (non-hydrogen) atoms. The van der Waals surface area contributed by atoms with E-state index in [4.69, 9.17) is 0 Å². The number of aryl methyl sites for hydroxylation is 1. The van der Waals surface area contributed by atoms with Crippen molar-refractivity contribution in [1.29, 1.82) is 0 Å². The molecule has 2 heterocycles. The van der Waals surface area contributed by atoms with Crippen LogP contribution in [0.15, 0.2) is 53.4 Å². The molecule has 2 saturated heterocycles. The van der Waals surface area contributed by atoms with Gasteiger partial charge in [-0.25, -0.2) is 13.2 Å². The van der Waals surface area contributed by atoms with Crippen LogP contribution in [0.1, 0.15) is 47.7 Å². The molecular formula is C24H27N3O5S. The molecule has 174 valence electrons. The van der Waals surface area contributed by atoms with Crippen molar-refractivity contribution >= 4 is 27.7 Å². The summed E-state index contributed by atoms with van der Waals surface area (Å²) in [5.41, 5.74) is 0.639. The molecule has 1 N–H and O–H groups in total. The number of ketones is 1. The molecule has 0 bridgehead atoms. The molecule has 4 rings (SSSR count). The van der Waals surface area contributed by atoms with E-state index in [9.17, 15) is 22.8 Å². The molecule has 0 spiro atoms. The van der Waals surface area contributed by atoms with Crippen LogP contribution < -0.4 is 5.32 Å². The molecule has 1 atom stereocenters. The summed E-state index contributed by atoms with van der Waals surface area (Å²) in [4.78, 5) is 39.4. The van der Waals surface area contributed by atoms with Gasteiger partial charge in [-0.2, -0.15) is 4.31 Å². The van der Waals surface area contributed by atoms with Crippen LogP contribution in [0.5, 0.6) is 0 Å². The van der Waals surface area contributed by atoms with E-state index in [-0.39, 0.29) is 10.5 Å². The van der Waals surface area contributed by atoms with Crippen LogP contribution in [0.4, 0.5) is 4.79 Å². The van der Waals surface area contributed by atoms with Crippen molar-refractivity contribution < 1.29 is 22.8 Å². The Labute approximate surface area is 193 Å². The molecule has 2 aliphatic rings. The minimum atomic E-state index is -3.60. The number of hydrogen-bond donors (Lipinski definition) is 1. The number of rotatable bonds is 6. The predicted molar refractivity (Wildman–Crippen MR) is 122 cm³/mol. The average molecular weight is 470 g/mol. The number of hydrogen-bond acceptors (Lipinski definition) is 5. The van der Waals surface area contributed by atoms with Crippen molar-refractivity contribution in [1.82, 2.24) is 14.5 Å². The molecule has 2 aromatic rings. The molecule has 0 aliphatic carbocycles. The number of benzene rings is 2. The van der Waals surface area contributed by atoms with Crippen molar-refractivity contribution in [2.75, 3.05) is 19.6 Å². The fourth-order valence-electron chi connectivity index (χ4n) is 4.23. The van der Waals surface area contributed by atoms with E-state index in [0.717, 1.165) is 29.7 Å². The quantitative estimate of drug-likeness (QED) is 0.518. The normalized spacial score (nSPS) is 21.8. The SMILES string of the molecule is Cc1ccc([C@]2(C)NC(=O)N(CC(=O)c3ccc(S(=O)(=O)N4CCCCC4)cc3)C2=O)cc1. The van der Waals surface area contributed by atoms with Gasteiger partial charge in [0.05, 0.1) is 11.4 Å². The second kappa shape index (κ2) is 8.72. The molecule has 0 radical (unpaired) electrons. The fourth-order valence-corrected chi connectivity index (χ4v) is 5.74. The number of urea groups is 1. The minimum absolute atomic E-state index is 0.128. The zero-order valence-corrected chi connectivity index (χ0v) is 19.5. The van der Waals surface area contributed by atoms with Gasteiger partial charge in [-0.15, -0.1) is 0 Å². The first-order valence-electron chi connectivity index (χ1n) is 11.0. The average Bonchev–Trinajstić information content (AvgIpc) is 3.03. The molecule has 8 nitrogen and oxygen atoms in total. The number of Topliss-reactive ketones (excluding diaryl/α,β-unsaturated/α-hetero) is 1. The van der Waals surface area contributed by atoms with Crippen LogP contribution in [-0.4, -0.2) is 55.0 Å². The number of sulfonamides is 1. The maximum Gasteiger partial charge on any atom is 0.325 e. The summed E-state index contributed by atoms with van der Waals surface area (Å²) in [5, 5.41) is 2.69. The highest BCUT2D eigenvalue weighted by Gasteiger charge is 2.49. The van der Waals surface area contributed by atoms with Gasteiger partial charge in [-0.1, -0.05) is 36.2 Å². The van der Waals surface area contributed by atoms with Gasteiger partial charge in [0, 0.05) is 18.7 Å². The van der Waals surface area contributed by atoms with Crippen molar-refractivity contribution in [2.45, 2.75) is 43.5 Å². The summed E-state index contributed by atoms with van der Waals surface area (Å²) in [6.07, 6.45) is 2.69. The van der Waals surface area contributed by atoms with Crippen LogP contribution in [0.3, 0.4) is 0 Å². The first-order valence-corrected chi connectivity index (χ1v) is 12.4. The highest BCUT2D eigenvalue weighted by Crippen LogP contribution is 2.29. The third kappa shape index (κ3) is 4.30.